The maximum absolute atomic E-state index is 12.5. The molecule has 2 heterocycles. The molecule has 0 radical (unpaired) electrons. The van der Waals surface area contributed by atoms with Crippen molar-refractivity contribution in [1.82, 2.24) is 4.90 Å². The van der Waals surface area contributed by atoms with Gasteiger partial charge in [0.15, 0.2) is 11.5 Å². The summed E-state index contributed by atoms with van der Waals surface area (Å²) in [5, 5.41) is -0.519. The number of benzene rings is 1. The average molecular weight is 379 g/mol. The zero-order valence-electron chi connectivity index (χ0n) is 14.4. The van der Waals surface area contributed by atoms with E-state index in [0.29, 0.717) is 22.8 Å². The van der Waals surface area contributed by atoms with Gasteiger partial charge >= 0.3 is 5.97 Å². The van der Waals surface area contributed by atoms with Gasteiger partial charge in [-0.25, -0.2) is 0 Å². The number of fused-ring (bicyclic) bond motifs is 1. The Morgan fingerprint density at radius 3 is 2.81 bits per heavy atom. The second-order valence-electron chi connectivity index (χ2n) is 5.76. The molecule has 0 aromatic heterocycles. The van der Waals surface area contributed by atoms with E-state index in [0.717, 1.165) is 16.7 Å². The zero-order chi connectivity index (χ0) is 18.8. The first kappa shape index (κ1) is 18.1. The molecule has 1 fully saturated rings. The fraction of sp³-hybridized carbons (Fsp3) is 0.353. The first-order valence-electron chi connectivity index (χ1n) is 7.81. The van der Waals surface area contributed by atoms with E-state index in [1.54, 1.807) is 32.1 Å². The van der Waals surface area contributed by atoms with Crippen LogP contribution in [0.1, 0.15) is 19.4 Å². The number of hydrogen-bond donors (Lipinski definition) is 0. The largest absolute Gasteiger partial charge is 0.493 e. The summed E-state index contributed by atoms with van der Waals surface area (Å²) in [6, 6.07) is 3.36. The molecule has 0 atom stereocenters. The van der Waals surface area contributed by atoms with Crippen molar-refractivity contribution in [3.8, 4) is 17.2 Å². The number of methoxy groups -OCH3 is 1. The van der Waals surface area contributed by atoms with E-state index < -0.39 is 23.7 Å². The molecule has 2 aliphatic heterocycles. The number of amides is 2. The minimum atomic E-state index is -0.631. The van der Waals surface area contributed by atoms with Crippen LogP contribution >= 0.6 is 11.8 Å². The molecule has 9 heteroatoms. The number of hydrogen-bond acceptors (Lipinski definition) is 8. The number of carbonyl (C=O) groups is 3. The number of imide groups is 1. The van der Waals surface area contributed by atoms with Gasteiger partial charge in [0.1, 0.15) is 6.54 Å². The van der Waals surface area contributed by atoms with Crippen molar-refractivity contribution in [2.75, 3.05) is 20.4 Å². The van der Waals surface area contributed by atoms with Crippen molar-refractivity contribution in [1.29, 1.82) is 0 Å². The van der Waals surface area contributed by atoms with E-state index >= 15 is 0 Å². The van der Waals surface area contributed by atoms with E-state index in [-0.39, 0.29) is 17.8 Å². The lowest BCUT2D eigenvalue weighted by Gasteiger charge is -2.13. The summed E-state index contributed by atoms with van der Waals surface area (Å²) in [4.78, 5) is 37.3. The molecule has 0 N–H and O–H groups in total. The lowest BCUT2D eigenvalue weighted by Crippen LogP contribution is -2.35. The molecule has 0 unspecified atom stereocenters. The van der Waals surface area contributed by atoms with Gasteiger partial charge in [-0.2, -0.15) is 0 Å². The van der Waals surface area contributed by atoms with Crippen LogP contribution in [0.3, 0.4) is 0 Å². The van der Waals surface area contributed by atoms with Crippen LogP contribution in [0.15, 0.2) is 17.0 Å². The van der Waals surface area contributed by atoms with E-state index in [1.807, 2.05) is 0 Å². The highest BCUT2D eigenvalue weighted by atomic mass is 32.2. The Morgan fingerprint density at radius 2 is 2.12 bits per heavy atom. The predicted octanol–water partition coefficient (Wildman–Crippen LogP) is 2.41. The number of esters is 1. The highest BCUT2D eigenvalue weighted by Crippen LogP contribution is 2.43. The Hall–Kier alpha value is -2.68. The maximum Gasteiger partial charge on any atom is 0.326 e. The first-order valence-corrected chi connectivity index (χ1v) is 8.63. The van der Waals surface area contributed by atoms with Gasteiger partial charge in [0.2, 0.25) is 12.5 Å². The Kier molecular flexibility index (Phi) is 5.08. The molecule has 8 nitrogen and oxygen atoms in total. The van der Waals surface area contributed by atoms with Crippen LogP contribution in [-0.4, -0.2) is 48.6 Å². The monoisotopic (exact) mass is 379 g/mol. The van der Waals surface area contributed by atoms with Crippen molar-refractivity contribution in [2.45, 2.75) is 20.0 Å². The van der Waals surface area contributed by atoms with Crippen molar-refractivity contribution < 1.29 is 33.3 Å². The summed E-state index contributed by atoms with van der Waals surface area (Å²) < 4.78 is 20.9. The first-order chi connectivity index (χ1) is 12.4. The third-order valence-electron chi connectivity index (χ3n) is 3.51. The van der Waals surface area contributed by atoms with Crippen LogP contribution in [-0.2, 0) is 14.3 Å². The Balaban J connectivity index is 1.81. The molecule has 1 aromatic carbocycles. The van der Waals surface area contributed by atoms with E-state index in [2.05, 4.69) is 0 Å². The van der Waals surface area contributed by atoms with Crippen LogP contribution < -0.4 is 14.2 Å². The summed E-state index contributed by atoms with van der Waals surface area (Å²) in [5.41, 5.74) is 0.612. The Bertz CT molecular complexity index is 803. The number of thioether (sulfide) groups is 1. The molecule has 0 saturated carbocycles. The average Bonchev–Trinajstić information content (AvgIpc) is 3.14. The molecule has 1 saturated heterocycles. The van der Waals surface area contributed by atoms with Gasteiger partial charge in [-0.3, -0.25) is 19.3 Å². The second kappa shape index (κ2) is 7.28. The highest BCUT2D eigenvalue weighted by Gasteiger charge is 2.37. The summed E-state index contributed by atoms with van der Waals surface area (Å²) in [6.45, 7) is 3.06. The zero-order valence-corrected chi connectivity index (χ0v) is 15.3. The topological polar surface area (TPSA) is 91.4 Å². The molecule has 138 valence electrons. The smallest absolute Gasteiger partial charge is 0.326 e. The second-order valence-corrected chi connectivity index (χ2v) is 6.76. The molecule has 2 amide bonds. The fourth-order valence-electron chi connectivity index (χ4n) is 2.45. The van der Waals surface area contributed by atoms with Gasteiger partial charge in [0, 0.05) is 0 Å². The van der Waals surface area contributed by atoms with Gasteiger partial charge in [0.05, 0.1) is 18.1 Å². The van der Waals surface area contributed by atoms with Crippen molar-refractivity contribution in [3.63, 3.8) is 0 Å². The van der Waals surface area contributed by atoms with Gasteiger partial charge < -0.3 is 18.9 Å². The van der Waals surface area contributed by atoms with Crippen LogP contribution in [0.4, 0.5) is 4.79 Å². The van der Waals surface area contributed by atoms with Crippen molar-refractivity contribution in [2.24, 2.45) is 0 Å². The molecule has 0 bridgehead atoms. The van der Waals surface area contributed by atoms with Crippen molar-refractivity contribution >= 4 is 35.0 Å². The molecule has 26 heavy (non-hydrogen) atoms. The van der Waals surface area contributed by atoms with Crippen LogP contribution in [0.5, 0.6) is 17.2 Å². The molecule has 1 aromatic rings. The summed E-state index contributed by atoms with van der Waals surface area (Å²) in [6.07, 6.45) is 1.22. The minimum Gasteiger partial charge on any atom is -0.493 e. The Labute approximate surface area is 154 Å². The number of ether oxygens (including phenoxy) is 4. The molecule has 0 spiro atoms. The molecule has 3 rings (SSSR count). The molecule has 0 aliphatic carbocycles. The normalized spacial score (nSPS) is 17.4. The van der Waals surface area contributed by atoms with Gasteiger partial charge in [0.25, 0.3) is 11.1 Å². The number of nitrogens with zero attached hydrogens (tertiary/aromatic N) is 1. The lowest BCUT2D eigenvalue weighted by atomic mass is 10.1. The number of carbonyl (C=O) groups excluding carboxylic acids is 3. The number of rotatable bonds is 5. The standard InChI is InChI=1S/C17H17NO7S/c1-9(2)25-14(19)7-18-16(20)13(26-17(18)21)6-10-4-11(22-3)15-12(5-10)23-8-24-15/h4-6,9H,7-8H2,1-3H3/b13-6+. The van der Waals surface area contributed by atoms with Crippen LogP contribution in [0.2, 0.25) is 0 Å². The van der Waals surface area contributed by atoms with Gasteiger partial charge in [-0.05, 0) is 49.4 Å². The minimum absolute atomic E-state index is 0.0869. The SMILES string of the molecule is COc1cc(/C=C2/SC(=O)N(CC(=O)OC(C)C)C2=O)cc2c1OCO2. The van der Waals surface area contributed by atoms with Gasteiger partial charge in [-0.15, -0.1) is 0 Å². The van der Waals surface area contributed by atoms with Crippen molar-refractivity contribution in [3.05, 3.63) is 22.6 Å². The predicted molar refractivity (Wildman–Crippen MR) is 93.0 cm³/mol. The molecular formula is C17H17NO7S. The fourth-order valence-corrected chi connectivity index (χ4v) is 3.29. The van der Waals surface area contributed by atoms with Gasteiger partial charge in [-0.1, -0.05) is 0 Å². The van der Waals surface area contributed by atoms with E-state index in [1.165, 1.54) is 7.11 Å². The third kappa shape index (κ3) is 3.62. The quantitative estimate of drug-likeness (QED) is 0.569. The van der Waals surface area contributed by atoms with Crippen LogP contribution in [0, 0.1) is 0 Å². The highest BCUT2D eigenvalue weighted by molar-refractivity contribution is 8.18. The summed E-state index contributed by atoms with van der Waals surface area (Å²) in [7, 11) is 1.50. The van der Waals surface area contributed by atoms with E-state index in [9.17, 15) is 14.4 Å². The summed E-state index contributed by atoms with van der Waals surface area (Å²) in [5.74, 6) is 0.279. The summed E-state index contributed by atoms with van der Waals surface area (Å²) >= 11 is 0.762. The van der Waals surface area contributed by atoms with E-state index in [4.69, 9.17) is 18.9 Å². The lowest BCUT2D eigenvalue weighted by molar-refractivity contribution is -0.149. The molecular weight excluding hydrogens is 362 g/mol. The Morgan fingerprint density at radius 1 is 1.35 bits per heavy atom. The third-order valence-corrected chi connectivity index (χ3v) is 4.41. The van der Waals surface area contributed by atoms with Crippen LogP contribution in [0.25, 0.3) is 6.08 Å². The maximum atomic E-state index is 12.5. The molecule has 2 aliphatic rings.